The molecule has 0 saturated carbocycles. The van der Waals surface area contributed by atoms with Crippen LogP contribution in [-0.4, -0.2) is 36.1 Å². The number of likely N-dealkylation sites (N-methyl/N-ethyl adjacent to an activating group) is 1. The Kier molecular flexibility index (Phi) is 4.90. The summed E-state index contributed by atoms with van der Waals surface area (Å²) in [6.07, 6.45) is 2.76. The zero-order chi connectivity index (χ0) is 12.9. The van der Waals surface area contributed by atoms with Gasteiger partial charge in [0.1, 0.15) is 0 Å². The number of nitrogens with zero attached hydrogens (tertiary/aromatic N) is 2. The summed E-state index contributed by atoms with van der Waals surface area (Å²) < 4.78 is 5.26. The summed E-state index contributed by atoms with van der Waals surface area (Å²) in [6, 6.07) is 3.96. The summed E-state index contributed by atoms with van der Waals surface area (Å²) in [5, 5.41) is 0. The fourth-order valence-electron chi connectivity index (χ4n) is 1.74. The number of hydrogen-bond donors (Lipinski definition) is 1. The molecule has 0 aliphatic rings. The second-order valence-corrected chi connectivity index (χ2v) is 4.58. The van der Waals surface area contributed by atoms with Crippen molar-refractivity contribution in [2.75, 3.05) is 20.7 Å². The minimum Gasteiger partial charge on any atom is -0.481 e. The normalized spacial score (nSPS) is 14.7. The third-order valence-corrected chi connectivity index (χ3v) is 3.57. The van der Waals surface area contributed by atoms with Crippen molar-refractivity contribution in [2.45, 2.75) is 32.4 Å². The highest BCUT2D eigenvalue weighted by Gasteiger charge is 2.26. The first-order valence-corrected chi connectivity index (χ1v) is 5.96. The van der Waals surface area contributed by atoms with Crippen LogP contribution in [0.2, 0.25) is 0 Å². The smallest absolute Gasteiger partial charge is 0.217 e. The van der Waals surface area contributed by atoms with Crippen LogP contribution in [0.25, 0.3) is 0 Å². The molecule has 0 fully saturated rings. The van der Waals surface area contributed by atoms with Gasteiger partial charge in [0.05, 0.1) is 7.11 Å². The van der Waals surface area contributed by atoms with Crippen LogP contribution in [0.4, 0.5) is 0 Å². The molecule has 0 aliphatic carbocycles. The third kappa shape index (κ3) is 3.17. The Morgan fingerprint density at radius 3 is 2.76 bits per heavy atom. The van der Waals surface area contributed by atoms with Crippen LogP contribution in [-0.2, 0) is 6.54 Å². The maximum atomic E-state index is 5.85. The number of nitrogens with two attached hydrogens (primary N) is 1. The van der Waals surface area contributed by atoms with Crippen molar-refractivity contribution < 1.29 is 4.74 Å². The van der Waals surface area contributed by atoms with Gasteiger partial charge in [0.2, 0.25) is 5.88 Å². The van der Waals surface area contributed by atoms with E-state index in [4.69, 9.17) is 10.5 Å². The first-order chi connectivity index (χ1) is 8.07. The van der Waals surface area contributed by atoms with Crippen LogP contribution in [0, 0.1) is 0 Å². The molecule has 0 aromatic carbocycles. The summed E-state index contributed by atoms with van der Waals surface area (Å²) in [7, 11) is 3.73. The second-order valence-electron chi connectivity index (χ2n) is 4.58. The summed E-state index contributed by atoms with van der Waals surface area (Å²) in [6.45, 7) is 5.76. The number of pyridine rings is 1. The summed E-state index contributed by atoms with van der Waals surface area (Å²) in [5.41, 5.74) is 6.96. The molecule has 0 amide bonds. The summed E-state index contributed by atoms with van der Waals surface area (Å²) >= 11 is 0. The summed E-state index contributed by atoms with van der Waals surface area (Å²) in [5.74, 6) is 0.690. The van der Waals surface area contributed by atoms with E-state index in [1.54, 1.807) is 13.3 Å². The van der Waals surface area contributed by atoms with Crippen molar-refractivity contribution in [1.82, 2.24) is 9.88 Å². The van der Waals surface area contributed by atoms with Gasteiger partial charge >= 0.3 is 0 Å². The average molecular weight is 237 g/mol. The molecule has 1 atom stereocenters. The number of rotatable bonds is 6. The maximum absolute atomic E-state index is 5.85. The van der Waals surface area contributed by atoms with Crippen molar-refractivity contribution in [3.8, 4) is 5.88 Å². The zero-order valence-corrected chi connectivity index (χ0v) is 11.2. The molecule has 0 saturated heterocycles. The quantitative estimate of drug-likeness (QED) is 0.817. The van der Waals surface area contributed by atoms with E-state index in [2.05, 4.69) is 30.8 Å². The van der Waals surface area contributed by atoms with E-state index in [1.807, 2.05) is 12.1 Å². The van der Waals surface area contributed by atoms with E-state index in [9.17, 15) is 0 Å². The van der Waals surface area contributed by atoms with Crippen LogP contribution >= 0.6 is 0 Å². The summed E-state index contributed by atoms with van der Waals surface area (Å²) in [4.78, 5) is 6.46. The highest BCUT2D eigenvalue weighted by molar-refractivity contribution is 5.25. The van der Waals surface area contributed by atoms with Crippen LogP contribution < -0.4 is 10.5 Å². The minimum absolute atomic E-state index is 0.0147. The van der Waals surface area contributed by atoms with Gasteiger partial charge in [-0.05, 0) is 26.5 Å². The first-order valence-electron chi connectivity index (χ1n) is 5.96. The Morgan fingerprint density at radius 1 is 1.53 bits per heavy atom. The molecule has 1 rings (SSSR count). The van der Waals surface area contributed by atoms with E-state index in [-0.39, 0.29) is 5.54 Å². The van der Waals surface area contributed by atoms with Gasteiger partial charge in [-0.15, -0.1) is 0 Å². The number of ether oxygens (including phenoxy) is 1. The minimum atomic E-state index is 0.0147. The van der Waals surface area contributed by atoms with Crippen molar-refractivity contribution in [3.05, 3.63) is 23.9 Å². The van der Waals surface area contributed by atoms with Crippen LogP contribution in [0.1, 0.15) is 25.8 Å². The van der Waals surface area contributed by atoms with Gasteiger partial charge in [0.25, 0.3) is 0 Å². The largest absolute Gasteiger partial charge is 0.481 e. The molecule has 1 aromatic rings. The van der Waals surface area contributed by atoms with Crippen molar-refractivity contribution in [1.29, 1.82) is 0 Å². The lowest BCUT2D eigenvalue weighted by Gasteiger charge is -2.37. The SMILES string of the molecule is CCC(C)(CN)N(C)Cc1cccnc1OC. The molecule has 1 unspecified atom stereocenters. The molecule has 17 heavy (non-hydrogen) atoms. The highest BCUT2D eigenvalue weighted by Crippen LogP contribution is 2.22. The van der Waals surface area contributed by atoms with E-state index < -0.39 is 0 Å². The van der Waals surface area contributed by atoms with Crippen LogP contribution in [0.15, 0.2) is 18.3 Å². The Hall–Kier alpha value is -1.13. The monoisotopic (exact) mass is 237 g/mol. The molecule has 0 bridgehead atoms. The highest BCUT2D eigenvalue weighted by atomic mass is 16.5. The van der Waals surface area contributed by atoms with Crippen LogP contribution in [0.3, 0.4) is 0 Å². The lowest BCUT2D eigenvalue weighted by atomic mass is 9.96. The Labute approximate surface area is 104 Å². The topological polar surface area (TPSA) is 51.4 Å². The maximum Gasteiger partial charge on any atom is 0.217 e. The van der Waals surface area contributed by atoms with Crippen molar-refractivity contribution in [3.63, 3.8) is 0 Å². The van der Waals surface area contributed by atoms with Gasteiger partial charge in [-0.3, -0.25) is 4.90 Å². The molecule has 4 heteroatoms. The molecular weight excluding hydrogens is 214 g/mol. The van der Waals surface area contributed by atoms with Crippen LogP contribution in [0.5, 0.6) is 5.88 Å². The number of hydrogen-bond acceptors (Lipinski definition) is 4. The van der Waals surface area contributed by atoms with Crippen molar-refractivity contribution >= 4 is 0 Å². The fraction of sp³-hybridized carbons (Fsp3) is 0.615. The van der Waals surface area contributed by atoms with E-state index in [1.165, 1.54) is 0 Å². The number of methoxy groups -OCH3 is 1. The average Bonchev–Trinajstić information content (AvgIpc) is 2.38. The van der Waals surface area contributed by atoms with Crippen molar-refractivity contribution in [2.24, 2.45) is 5.73 Å². The van der Waals surface area contributed by atoms with E-state index in [0.29, 0.717) is 12.4 Å². The predicted octanol–water partition coefficient (Wildman–Crippen LogP) is 1.65. The van der Waals surface area contributed by atoms with Gasteiger partial charge in [-0.25, -0.2) is 4.98 Å². The number of aromatic nitrogens is 1. The molecule has 1 aromatic heterocycles. The van der Waals surface area contributed by atoms with Gasteiger partial charge in [-0.1, -0.05) is 13.0 Å². The molecule has 1 heterocycles. The standard InChI is InChI=1S/C13H23N3O/c1-5-13(2,10-14)16(3)9-11-7-6-8-15-12(11)17-4/h6-8H,5,9-10,14H2,1-4H3. The van der Waals surface area contributed by atoms with Gasteiger partial charge in [0, 0.05) is 30.4 Å². The molecule has 4 nitrogen and oxygen atoms in total. The molecule has 0 spiro atoms. The molecule has 0 aliphatic heterocycles. The predicted molar refractivity (Wildman–Crippen MR) is 70.0 cm³/mol. The Balaban J connectivity index is 2.83. The fourth-order valence-corrected chi connectivity index (χ4v) is 1.74. The molecule has 0 radical (unpaired) electrons. The Bertz CT molecular complexity index is 350. The van der Waals surface area contributed by atoms with Gasteiger partial charge in [-0.2, -0.15) is 0 Å². The molecular formula is C13H23N3O. The van der Waals surface area contributed by atoms with Gasteiger partial charge < -0.3 is 10.5 Å². The zero-order valence-electron chi connectivity index (χ0n) is 11.2. The van der Waals surface area contributed by atoms with E-state index in [0.717, 1.165) is 18.5 Å². The first kappa shape index (κ1) is 13.9. The second kappa shape index (κ2) is 5.98. The third-order valence-electron chi connectivity index (χ3n) is 3.57. The molecule has 2 N–H and O–H groups in total. The lowest BCUT2D eigenvalue weighted by Crippen LogP contribution is -2.48. The molecule has 96 valence electrons. The lowest BCUT2D eigenvalue weighted by molar-refractivity contribution is 0.130. The van der Waals surface area contributed by atoms with E-state index >= 15 is 0 Å². The van der Waals surface area contributed by atoms with Gasteiger partial charge in [0.15, 0.2) is 0 Å². The Morgan fingerprint density at radius 2 is 2.24 bits per heavy atom.